The summed E-state index contributed by atoms with van der Waals surface area (Å²) in [4.78, 5) is 29.1. The standard InChI is InChI=1S/C30H34ClN5OS/c31-27-22-28(35-15-5-2-6-16-35)33-30(32-27)38-23-25-11-7-13-26(21-25)29(37)36-19-17-34(18-20-36)14-8-12-24-9-3-1-4-10-24/h1,3-4,7-13,21-22H,2,5-6,14-20,23H2. The van der Waals surface area contributed by atoms with Crippen LogP contribution in [0.1, 0.15) is 40.7 Å². The first-order valence-electron chi connectivity index (χ1n) is 13.4. The van der Waals surface area contributed by atoms with E-state index in [1.54, 1.807) is 11.8 Å². The van der Waals surface area contributed by atoms with E-state index in [0.717, 1.165) is 62.8 Å². The molecule has 0 atom stereocenters. The van der Waals surface area contributed by atoms with Crippen molar-refractivity contribution >= 4 is 41.2 Å². The van der Waals surface area contributed by atoms with Crippen molar-refractivity contribution in [2.75, 3.05) is 50.7 Å². The van der Waals surface area contributed by atoms with Crippen molar-refractivity contribution in [3.8, 4) is 0 Å². The highest BCUT2D eigenvalue weighted by Crippen LogP contribution is 2.26. The number of hydrogen-bond acceptors (Lipinski definition) is 6. The maximum atomic E-state index is 13.2. The number of piperidine rings is 1. The molecule has 0 spiro atoms. The fraction of sp³-hybridized carbons (Fsp3) is 0.367. The summed E-state index contributed by atoms with van der Waals surface area (Å²) in [5, 5.41) is 1.15. The van der Waals surface area contributed by atoms with Crippen LogP contribution in [0, 0.1) is 0 Å². The highest BCUT2D eigenvalue weighted by atomic mass is 35.5. The molecule has 198 valence electrons. The van der Waals surface area contributed by atoms with Gasteiger partial charge in [0, 0.05) is 63.2 Å². The van der Waals surface area contributed by atoms with Gasteiger partial charge in [0.2, 0.25) is 0 Å². The largest absolute Gasteiger partial charge is 0.356 e. The molecule has 5 rings (SSSR count). The van der Waals surface area contributed by atoms with E-state index in [1.165, 1.54) is 24.8 Å². The maximum Gasteiger partial charge on any atom is 0.253 e. The third-order valence-corrected chi connectivity index (χ3v) is 8.13. The number of anilines is 1. The Balaban J connectivity index is 1.13. The van der Waals surface area contributed by atoms with Gasteiger partial charge in [-0.3, -0.25) is 9.69 Å². The van der Waals surface area contributed by atoms with Gasteiger partial charge in [-0.2, -0.15) is 0 Å². The summed E-state index contributed by atoms with van der Waals surface area (Å²) in [6.07, 6.45) is 8.00. The zero-order valence-corrected chi connectivity index (χ0v) is 23.2. The summed E-state index contributed by atoms with van der Waals surface area (Å²) in [5.41, 5.74) is 3.03. The van der Waals surface area contributed by atoms with Crippen molar-refractivity contribution < 1.29 is 4.79 Å². The minimum Gasteiger partial charge on any atom is -0.356 e. The van der Waals surface area contributed by atoms with E-state index in [2.05, 4.69) is 57.3 Å². The number of carbonyl (C=O) groups is 1. The SMILES string of the molecule is O=C(c1cccc(CSc2nc(Cl)cc(N3CCCCC3)n2)c1)N1CCN(CC=Cc2ccccc2)CC1. The van der Waals surface area contributed by atoms with Gasteiger partial charge in [-0.25, -0.2) is 9.97 Å². The molecule has 1 aromatic heterocycles. The van der Waals surface area contributed by atoms with Gasteiger partial charge in [0.1, 0.15) is 11.0 Å². The lowest BCUT2D eigenvalue weighted by Crippen LogP contribution is -2.48. The molecule has 1 amide bonds. The van der Waals surface area contributed by atoms with Gasteiger partial charge in [-0.05, 0) is 42.5 Å². The van der Waals surface area contributed by atoms with Crippen LogP contribution in [0.15, 0.2) is 71.9 Å². The highest BCUT2D eigenvalue weighted by molar-refractivity contribution is 7.98. The van der Waals surface area contributed by atoms with E-state index in [4.69, 9.17) is 16.6 Å². The number of nitrogens with zero attached hydrogens (tertiary/aromatic N) is 5. The van der Waals surface area contributed by atoms with Crippen LogP contribution in [-0.4, -0.2) is 71.5 Å². The summed E-state index contributed by atoms with van der Waals surface area (Å²) in [7, 11) is 0. The van der Waals surface area contributed by atoms with Gasteiger partial charge < -0.3 is 9.80 Å². The van der Waals surface area contributed by atoms with Gasteiger partial charge >= 0.3 is 0 Å². The van der Waals surface area contributed by atoms with Gasteiger partial charge in [0.25, 0.3) is 5.91 Å². The third-order valence-electron chi connectivity index (χ3n) is 7.02. The van der Waals surface area contributed by atoms with Crippen molar-refractivity contribution in [1.82, 2.24) is 19.8 Å². The number of hydrogen-bond donors (Lipinski definition) is 0. The second kappa shape index (κ2) is 13.3. The number of halogens is 1. The van der Waals surface area contributed by atoms with Crippen LogP contribution in [0.25, 0.3) is 6.08 Å². The van der Waals surface area contributed by atoms with Gasteiger partial charge in [-0.15, -0.1) is 0 Å². The minimum absolute atomic E-state index is 0.0997. The molecule has 3 aromatic rings. The van der Waals surface area contributed by atoms with Crippen molar-refractivity contribution in [3.05, 3.63) is 88.6 Å². The number of carbonyl (C=O) groups excluding carboxylic acids is 1. The molecular formula is C30H34ClN5OS. The maximum absolute atomic E-state index is 13.2. The Kier molecular flexibility index (Phi) is 9.33. The Morgan fingerprint density at radius 1 is 0.895 bits per heavy atom. The number of rotatable bonds is 8. The summed E-state index contributed by atoms with van der Waals surface area (Å²) >= 11 is 7.88. The molecular weight excluding hydrogens is 514 g/mol. The fourth-order valence-electron chi connectivity index (χ4n) is 4.90. The number of aromatic nitrogens is 2. The molecule has 2 fully saturated rings. The molecule has 0 aliphatic carbocycles. The van der Waals surface area contributed by atoms with Crippen LogP contribution < -0.4 is 4.90 Å². The van der Waals surface area contributed by atoms with Crippen molar-refractivity contribution in [2.45, 2.75) is 30.2 Å². The van der Waals surface area contributed by atoms with Crippen LogP contribution in [0.4, 0.5) is 5.82 Å². The summed E-state index contributed by atoms with van der Waals surface area (Å²) in [6.45, 7) is 6.17. The molecule has 0 N–H and O–H groups in total. The van der Waals surface area contributed by atoms with E-state index in [9.17, 15) is 4.79 Å². The molecule has 3 heterocycles. The molecule has 38 heavy (non-hydrogen) atoms. The zero-order chi connectivity index (χ0) is 26.2. The topological polar surface area (TPSA) is 52.6 Å². The van der Waals surface area contributed by atoms with Crippen LogP contribution in [0.3, 0.4) is 0 Å². The molecule has 8 heteroatoms. The Labute approximate surface area is 234 Å². The number of thioether (sulfide) groups is 1. The average Bonchev–Trinajstić information content (AvgIpc) is 2.97. The summed E-state index contributed by atoms with van der Waals surface area (Å²) < 4.78 is 0. The number of amides is 1. The minimum atomic E-state index is 0.0997. The van der Waals surface area contributed by atoms with Gasteiger partial charge in [0.15, 0.2) is 5.16 Å². The Hall–Kier alpha value is -2.87. The highest BCUT2D eigenvalue weighted by Gasteiger charge is 2.22. The predicted octanol–water partition coefficient (Wildman–Crippen LogP) is 5.88. The van der Waals surface area contributed by atoms with Crippen LogP contribution >= 0.6 is 23.4 Å². The molecule has 0 bridgehead atoms. The molecule has 2 saturated heterocycles. The predicted molar refractivity (Wildman–Crippen MR) is 157 cm³/mol. The Bertz CT molecular complexity index is 1240. The molecule has 6 nitrogen and oxygen atoms in total. The molecule has 0 radical (unpaired) electrons. The van der Waals surface area contributed by atoms with Crippen molar-refractivity contribution in [1.29, 1.82) is 0 Å². The van der Waals surface area contributed by atoms with E-state index in [-0.39, 0.29) is 5.91 Å². The second-order valence-electron chi connectivity index (χ2n) is 9.77. The van der Waals surface area contributed by atoms with Crippen molar-refractivity contribution in [2.24, 2.45) is 0 Å². The molecule has 2 aliphatic rings. The van der Waals surface area contributed by atoms with Crippen LogP contribution in [0.5, 0.6) is 0 Å². The van der Waals surface area contributed by atoms with Gasteiger partial charge in [0.05, 0.1) is 0 Å². The van der Waals surface area contributed by atoms with E-state index >= 15 is 0 Å². The van der Waals surface area contributed by atoms with Crippen LogP contribution in [-0.2, 0) is 5.75 Å². The zero-order valence-electron chi connectivity index (χ0n) is 21.6. The number of piperazine rings is 1. The first-order chi connectivity index (χ1) is 18.6. The molecule has 0 unspecified atom stereocenters. The Morgan fingerprint density at radius 3 is 2.47 bits per heavy atom. The fourth-order valence-corrected chi connectivity index (χ4v) is 5.92. The van der Waals surface area contributed by atoms with E-state index < -0.39 is 0 Å². The second-order valence-corrected chi connectivity index (χ2v) is 11.1. The monoisotopic (exact) mass is 547 g/mol. The normalized spacial score (nSPS) is 16.8. The lowest BCUT2D eigenvalue weighted by atomic mass is 10.1. The molecule has 2 aromatic carbocycles. The van der Waals surface area contributed by atoms with E-state index in [1.807, 2.05) is 35.2 Å². The lowest BCUT2D eigenvalue weighted by Gasteiger charge is -2.34. The smallest absolute Gasteiger partial charge is 0.253 e. The van der Waals surface area contributed by atoms with Crippen LogP contribution in [0.2, 0.25) is 5.15 Å². The van der Waals surface area contributed by atoms with Crippen molar-refractivity contribution in [3.63, 3.8) is 0 Å². The number of benzene rings is 2. The molecule has 2 aliphatic heterocycles. The summed E-state index contributed by atoms with van der Waals surface area (Å²) in [6, 6.07) is 20.1. The first kappa shape index (κ1) is 26.7. The average molecular weight is 548 g/mol. The lowest BCUT2D eigenvalue weighted by molar-refractivity contribution is 0.0650. The quantitative estimate of drug-likeness (QED) is 0.199. The third kappa shape index (κ3) is 7.37. The first-order valence-corrected chi connectivity index (χ1v) is 14.7. The van der Waals surface area contributed by atoms with Gasteiger partial charge in [-0.1, -0.05) is 78.0 Å². The van der Waals surface area contributed by atoms with E-state index in [0.29, 0.717) is 16.1 Å². The molecule has 0 saturated carbocycles. The Morgan fingerprint density at radius 2 is 1.68 bits per heavy atom. The summed E-state index contributed by atoms with van der Waals surface area (Å²) in [5.74, 6) is 1.69.